The third-order valence-electron chi connectivity index (χ3n) is 0.973. The topological polar surface area (TPSA) is 35.5 Å². The van der Waals surface area contributed by atoms with Gasteiger partial charge >= 0.3 is 5.97 Å². The van der Waals surface area contributed by atoms with Gasteiger partial charge in [-0.1, -0.05) is 11.8 Å². The molecule has 0 heterocycles. The first-order valence-corrected chi connectivity index (χ1v) is 4.23. The molecule has 1 unspecified atom stereocenters. The number of methoxy groups -OCH3 is 2. The Morgan fingerprint density at radius 2 is 2.00 bits per heavy atom. The number of hydrogen-bond acceptors (Lipinski definition) is 5. The normalized spacial score (nSPS) is 11.9. The second-order valence-electron chi connectivity index (χ2n) is 1.74. The van der Waals surface area contributed by atoms with Gasteiger partial charge in [0.1, 0.15) is 5.25 Å². The molecule has 0 fully saturated rings. The molecule has 0 bridgehead atoms. The molecule has 1 atom stereocenters. The molecule has 0 spiro atoms. The number of thiocarbonyl (C=S) groups is 1. The molecular formula is C6H10O3S2. The number of hydrogen-bond donors (Lipinski definition) is 0. The highest BCUT2D eigenvalue weighted by atomic mass is 32.2. The van der Waals surface area contributed by atoms with E-state index in [1.165, 1.54) is 26.0 Å². The van der Waals surface area contributed by atoms with Gasteiger partial charge < -0.3 is 9.47 Å². The summed E-state index contributed by atoms with van der Waals surface area (Å²) in [7, 11) is 2.81. The fourth-order valence-electron chi connectivity index (χ4n) is 0.407. The summed E-state index contributed by atoms with van der Waals surface area (Å²) in [6.07, 6.45) is 0. The van der Waals surface area contributed by atoms with Crippen molar-refractivity contribution in [3.05, 3.63) is 0 Å². The average molecular weight is 194 g/mol. The maximum Gasteiger partial charge on any atom is 0.319 e. The first-order valence-electron chi connectivity index (χ1n) is 2.94. The van der Waals surface area contributed by atoms with E-state index in [2.05, 4.69) is 4.74 Å². The number of carbonyl (C=O) groups is 1. The van der Waals surface area contributed by atoms with Crippen LogP contribution in [0.5, 0.6) is 0 Å². The molecule has 3 nitrogen and oxygen atoms in total. The molecule has 0 aromatic heterocycles. The van der Waals surface area contributed by atoms with Gasteiger partial charge in [-0.05, 0) is 19.1 Å². The average Bonchev–Trinajstić information content (AvgIpc) is 2.02. The summed E-state index contributed by atoms with van der Waals surface area (Å²) >= 11 is 5.90. The number of thioether (sulfide) groups is 1. The molecule has 0 aliphatic carbocycles. The second-order valence-corrected chi connectivity index (χ2v) is 3.68. The molecule has 5 heteroatoms. The van der Waals surface area contributed by atoms with E-state index in [4.69, 9.17) is 17.0 Å². The van der Waals surface area contributed by atoms with Crippen molar-refractivity contribution < 1.29 is 14.3 Å². The van der Waals surface area contributed by atoms with E-state index < -0.39 is 0 Å². The van der Waals surface area contributed by atoms with Crippen LogP contribution in [0.3, 0.4) is 0 Å². The van der Waals surface area contributed by atoms with Gasteiger partial charge in [0.2, 0.25) is 4.38 Å². The SMILES string of the molecule is COC(=O)C(C)SC(=S)OC. The molecule has 0 aromatic rings. The van der Waals surface area contributed by atoms with Crippen molar-refractivity contribution in [2.75, 3.05) is 14.2 Å². The van der Waals surface area contributed by atoms with Gasteiger partial charge in [0.25, 0.3) is 0 Å². The van der Waals surface area contributed by atoms with Crippen LogP contribution in [0.15, 0.2) is 0 Å². The van der Waals surface area contributed by atoms with Crippen LogP contribution in [0, 0.1) is 0 Å². The van der Waals surface area contributed by atoms with Crippen LogP contribution in [-0.2, 0) is 14.3 Å². The summed E-state index contributed by atoms with van der Waals surface area (Å²) in [5.74, 6) is -0.297. The van der Waals surface area contributed by atoms with Gasteiger partial charge in [0.05, 0.1) is 14.2 Å². The fraction of sp³-hybridized carbons (Fsp3) is 0.667. The minimum absolute atomic E-state index is 0.297. The van der Waals surface area contributed by atoms with Gasteiger partial charge in [0, 0.05) is 0 Å². The maximum atomic E-state index is 10.8. The Bertz CT molecular complexity index is 158. The third-order valence-corrected chi connectivity index (χ3v) is 2.33. The largest absolute Gasteiger partial charge is 0.482 e. The standard InChI is InChI=1S/C6H10O3S2/c1-4(5(7)8-2)11-6(10)9-3/h4H,1-3H3. The van der Waals surface area contributed by atoms with Crippen LogP contribution in [0.4, 0.5) is 0 Å². The van der Waals surface area contributed by atoms with Crippen molar-refractivity contribution in [2.45, 2.75) is 12.2 Å². The highest BCUT2D eigenvalue weighted by molar-refractivity contribution is 8.23. The summed E-state index contributed by atoms with van der Waals surface area (Å²) in [5, 5.41) is -0.299. The van der Waals surface area contributed by atoms with E-state index in [0.29, 0.717) is 4.38 Å². The quantitative estimate of drug-likeness (QED) is 0.488. The van der Waals surface area contributed by atoms with Gasteiger partial charge in [-0.2, -0.15) is 0 Å². The molecule has 0 aliphatic heterocycles. The van der Waals surface area contributed by atoms with Crippen LogP contribution in [0.2, 0.25) is 0 Å². The Labute approximate surface area is 75.4 Å². The van der Waals surface area contributed by atoms with Gasteiger partial charge in [-0.25, -0.2) is 0 Å². The zero-order valence-electron chi connectivity index (χ0n) is 6.62. The molecule has 0 saturated heterocycles. The highest BCUT2D eigenvalue weighted by Crippen LogP contribution is 2.14. The van der Waals surface area contributed by atoms with Gasteiger partial charge in [0.15, 0.2) is 0 Å². The minimum atomic E-state index is -0.299. The second kappa shape index (κ2) is 5.37. The van der Waals surface area contributed by atoms with E-state index >= 15 is 0 Å². The Kier molecular flexibility index (Phi) is 5.23. The molecule has 0 aromatic carbocycles. The molecular weight excluding hydrogens is 184 g/mol. The zero-order valence-corrected chi connectivity index (χ0v) is 8.25. The van der Waals surface area contributed by atoms with E-state index in [1.807, 2.05) is 0 Å². The lowest BCUT2D eigenvalue weighted by molar-refractivity contribution is -0.139. The third kappa shape index (κ3) is 4.21. The van der Waals surface area contributed by atoms with Crippen molar-refractivity contribution in [3.63, 3.8) is 0 Å². The van der Waals surface area contributed by atoms with E-state index in [0.717, 1.165) is 0 Å². The number of esters is 1. The van der Waals surface area contributed by atoms with Crippen LogP contribution in [-0.4, -0.2) is 29.8 Å². The van der Waals surface area contributed by atoms with Gasteiger partial charge in [-0.15, -0.1) is 0 Å². The van der Waals surface area contributed by atoms with E-state index in [-0.39, 0.29) is 11.2 Å². The number of ether oxygens (including phenoxy) is 2. The van der Waals surface area contributed by atoms with E-state index in [1.54, 1.807) is 6.92 Å². The summed E-state index contributed by atoms with van der Waals surface area (Å²) < 4.78 is 9.53. The van der Waals surface area contributed by atoms with Crippen molar-refractivity contribution in [2.24, 2.45) is 0 Å². The molecule has 0 saturated carbocycles. The maximum absolute atomic E-state index is 10.8. The lowest BCUT2D eigenvalue weighted by Gasteiger charge is -2.07. The summed E-state index contributed by atoms with van der Waals surface area (Å²) in [6, 6.07) is 0. The lowest BCUT2D eigenvalue weighted by atomic mass is 10.5. The van der Waals surface area contributed by atoms with E-state index in [9.17, 15) is 4.79 Å². The highest BCUT2D eigenvalue weighted by Gasteiger charge is 2.15. The van der Waals surface area contributed by atoms with Gasteiger partial charge in [-0.3, -0.25) is 4.79 Å². The zero-order chi connectivity index (χ0) is 8.85. The van der Waals surface area contributed by atoms with Crippen LogP contribution in [0.25, 0.3) is 0 Å². The fourth-order valence-corrected chi connectivity index (χ4v) is 1.42. The first-order chi connectivity index (χ1) is 5.11. The number of rotatable bonds is 2. The van der Waals surface area contributed by atoms with Crippen LogP contribution >= 0.6 is 24.0 Å². The van der Waals surface area contributed by atoms with Crippen molar-refractivity contribution in [1.82, 2.24) is 0 Å². The monoisotopic (exact) mass is 194 g/mol. The van der Waals surface area contributed by atoms with Crippen LogP contribution < -0.4 is 0 Å². The smallest absolute Gasteiger partial charge is 0.319 e. The molecule has 0 radical (unpaired) electrons. The number of carbonyl (C=O) groups excluding carboxylic acids is 1. The minimum Gasteiger partial charge on any atom is -0.482 e. The first kappa shape index (κ1) is 10.7. The molecule has 0 N–H and O–H groups in total. The summed E-state index contributed by atoms with van der Waals surface area (Å²) in [4.78, 5) is 10.8. The van der Waals surface area contributed by atoms with Crippen LogP contribution in [0.1, 0.15) is 6.92 Å². The van der Waals surface area contributed by atoms with Crippen molar-refractivity contribution in [1.29, 1.82) is 0 Å². The summed E-state index contributed by atoms with van der Waals surface area (Å²) in [5.41, 5.74) is 0. The van der Waals surface area contributed by atoms with Crippen molar-refractivity contribution in [3.8, 4) is 0 Å². The molecule has 0 aliphatic rings. The van der Waals surface area contributed by atoms with Crippen molar-refractivity contribution >= 4 is 34.3 Å². The predicted molar refractivity (Wildman–Crippen MR) is 48.7 cm³/mol. The Morgan fingerprint density at radius 3 is 2.36 bits per heavy atom. The molecule has 0 rings (SSSR count). The Balaban J connectivity index is 3.77. The molecule has 64 valence electrons. The summed E-state index contributed by atoms with van der Waals surface area (Å²) in [6.45, 7) is 1.71. The molecule has 0 amide bonds. The Hall–Kier alpha value is -0.290. The predicted octanol–water partition coefficient (Wildman–Crippen LogP) is 1.21. The molecule has 11 heavy (non-hydrogen) atoms. The Morgan fingerprint density at radius 1 is 1.45 bits per heavy atom. The lowest BCUT2D eigenvalue weighted by Crippen LogP contribution is -2.16.